The second-order valence-electron chi connectivity index (χ2n) is 25.2. The van der Waals surface area contributed by atoms with E-state index >= 15 is 0 Å². The summed E-state index contributed by atoms with van der Waals surface area (Å²) in [6.07, 6.45) is 3.87. The van der Waals surface area contributed by atoms with Crippen LogP contribution in [0.5, 0.6) is 0 Å². The molecule has 2 unspecified atom stereocenters. The van der Waals surface area contributed by atoms with Crippen LogP contribution in [0.2, 0.25) is 0 Å². The number of benzene rings is 14. The van der Waals surface area contributed by atoms with Gasteiger partial charge in [0.25, 0.3) is 0 Å². The molecule has 0 saturated heterocycles. The van der Waals surface area contributed by atoms with E-state index in [1.54, 1.807) is 0 Å². The molecule has 0 spiro atoms. The van der Waals surface area contributed by atoms with E-state index in [0.29, 0.717) is 0 Å². The van der Waals surface area contributed by atoms with Gasteiger partial charge < -0.3 is 9.80 Å². The Bertz CT molecular complexity index is 4880. The van der Waals surface area contributed by atoms with Crippen molar-refractivity contribution in [1.29, 1.82) is 0 Å². The first-order valence-corrected chi connectivity index (χ1v) is 32.0. The Morgan fingerprint density at radius 1 is 0.250 bits per heavy atom. The van der Waals surface area contributed by atoms with Crippen LogP contribution in [0, 0.1) is 27.7 Å². The summed E-state index contributed by atoms with van der Waals surface area (Å²) in [5.74, 6) is 0. The zero-order chi connectivity index (χ0) is 62.2. The molecule has 0 radical (unpaired) electrons. The third-order valence-electron chi connectivity index (χ3n) is 19.6. The van der Waals surface area contributed by atoms with Crippen molar-refractivity contribution in [3.63, 3.8) is 0 Å². The highest BCUT2D eigenvalue weighted by molar-refractivity contribution is 6.13. The third kappa shape index (κ3) is 8.77. The number of hydrogen-bond donors (Lipinski definition) is 0. The lowest BCUT2D eigenvalue weighted by Crippen LogP contribution is -2.29. The number of aryl methyl sites for hydroxylation is 4. The smallest absolute Gasteiger partial charge is 0.0714 e. The SMILES string of the molecule is C=Cc1ccc(C2(c3cc(C)cc(C)c3)c3ccccc3-c3ccc(N(c4ccccc4)c4ccc(-c5ccc(N(c6ccccc6)c6ccc7c(c6)C(c6ccc(C=C)cc6)(c6cc(C)cc(C)c6)c6ccccc6-7)c6ccccc56)c5ccccc45)cc32)cc1. The summed E-state index contributed by atoms with van der Waals surface area (Å²) in [5.41, 5.74) is 29.9. The number of rotatable bonds is 13. The summed E-state index contributed by atoms with van der Waals surface area (Å²) < 4.78 is 0. The number of fused-ring (bicyclic) bond motifs is 8. The van der Waals surface area contributed by atoms with E-state index in [4.69, 9.17) is 0 Å². The van der Waals surface area contributed by atoms with Gasteiger partial charge in [0.1, 0.15) is 0 Å². The van der Waals surface area contributed by atoms with Gasteiger partial charge >= 0.3 is 0 Å². The molecule has 0 fully saturated rings. The second-order valence-corrected chi connectivity index (χ2v) is 25.2. The Morgan fingerprint density at radius 3 is 0.957 bits per heavy atom. The van der Waals surface area contributed by atoms with Crippen molar-refractivity contribution in [3.8, 4) is 33.4 Å². The molecule has 0 saturated carbocycles. The van der Waals surface area contributed by atoms with Crippen LogP contribution >= 0.6 is 0 Å². The van der Waals surface area contributed by atoms with Crippen molar-refractivity contribution in [2.75, 3.05) is 9.80 Å². The molecule has 0 amide bonds. The molecule has 0 aliphatic heterocycles. The first-order valence-electron chi connectivity index (χ1n) is 32.0. The summed E-state index contributed by atoms with van der Waals surface area (Å²) in [5, 5.41) is 4.66. The minimum atomic E-state index is -0.605. The maximum atomic E-state index is 4.14. The lowest BCUT2D eigenvalue weighted by Gasteiger charge is -2.35. The van der Waals surface area contributed by atoms with E-state index in [-0.39, 0.29) is 0 Å². The van der Waals surface area contributed by atoms with Gasteiger partial charge in [-0.2, -0.15) is 0 Å². The first-order chi connectivity index (χ1) is 45.1. The molecule has 0 heterocycles. The van der Waals surface area contributed by atoms with E-state index in [9.17, 15) is 0 Å². The normalized spacial score (nSPS) is 15.1. The van der Waals surface area contributed by atoms with Gasteiger partial charge in [0, 0.05) is 33.5 Å². The molecule has 2 heteroatoms. The van der Waals surface area contributed by atoms with Gasteiger partial charge in [-0.15, -0.1) is 0 Å². The van der Waals surface area contributed by atoms with E-state index in [1.807, 2.05) is 12.2 Å². The van der Waals surface area contributed by atoms with Crippen LogP contribution in [-0.2, 0) is 10.8 Å². The molecule has 0 bridgehead atoms. The summed E-state index contributed by atoms with van der Waals surface area (Å²) in [7, 11) is 0. The van der Waals surface area contributed by atoms with Crippen LogP contribution < -0.4 is 9.80 Å². The van der Waals surface area contributed by atoms with Crippen LogP contribution in [0.4, 0.5) is 34.1 Å². The largest absolute Gasteiger partial charge is 0.310 e. The zero-order valence-electron chi connectivity index (χ0n) is 52.3. The fraction of sp³-hybridized carbons (Fsp3) is 0.0667. The lowest BCUT2D eigenvalue weighted by molar-refractivity contribution is 0.766. The quantitative estimate of drug-likeness (QED) is 0.114. The molecule has 0 N–H and O–H groups in total. The van der Waals surface area contributed by atoms with Gasteiger partial charge in [-0.05, 0) is 188 Å². The fourth-order valence-corrected chi connectivity index (χ4v) is 15.9. The van der Waals surface area contributed by atoms with E-state index in [0.717, 1.165) is 56.0 Å². The average Bonchev–Trinajstić information content (AvgIpc) is 1.54. The van der Waals surface area contributed by atoms with E-state index in [2.05, 4.69) is 354 Å². The highest BCUT2D eigenvalue weighted by atomic mass is 15.1. The standard InChI is InChI=1S/C90H68N2/c1-7-63-35-39-65(40-36-63)89(67-53-59(3)51-60(4)54-67)83-33-21-19-29-77(83)79-45-43-71(57-85(79)89)91(69-23-11-9-12-24-69)87-49-47-75(73-27-15-17-31-81(73)87)76-48-50-88(82-32-18-16-28-74(76)82)92(70-25-13-10-14-26-70)72-44-46-80-78-30-20-22-34-84(78)90(86(80)58-72,66-41-37-64(8-2)38-42-66)68-55-61(5)52-62(6)56-68/h7-58H,1-2H2,3-6H3. The van der Waals surface area contributed by atoms with E-state index < -0.39 is 10.8 Å². The van der Waals surface area contributed by atoms with Crippen molar-refractivity contribution >= 4 is 67.8 Å². The molecule has 14 aromatic rings. The highest BCUT2D eigenvalue weighted by Gasteiger charge is 2.48. The summed E-state index contributed by atoms with van der Waals surface area (Å²) >= 11 is 0. The maximum Gasteiger partial charge on any atom is 0.0714 e. The minimum absolute atomic E-state index is 0.605. The Balaban J connectivity index is 0.870. The molecule has 14 aromatic carbocycles. The third-order valence-corrected chi connectivity index (χ3v) is 19.6. The van der Waals surface area contributed by atoms with Gasteiger partial charge in [-0.3, -0.25) is 0 Å². The van der Waals surface area contributed by atoms with Gasteiger partial charge in [0.05, 0.1) is 22.2 Å². The van der Waals surface area contributed by atoms with Crippen LogP contribution in [0.25, 0.3) is 67.1 Å². The Morgan fingerprint density at radius 2 is 0.576 bits per heavy atom. The van der Waals surface area contributed by atoms with Crippen molar-refractivity contribution < 1.29 is 0 Å². The summed E-state index contributed by atoms with van der Waals surface area (Å²) in [6.45, 7) is 17.2. The predicted molar refractivity (Wildman–Crippen MR) is 390 cm³/mol. The number of nitrogens with zero attached hydrogens (tertiary/aromatic N) is 2. The molecule has 92 heavy (non-hydrogen) atoms. The molecular weight excluding hydrogens is 1110 g/mol. The molecule has 2 aliphatic carbocycles. The molecule has 0 aromatic heterocycles. The molecular formula is C90H68N2. The first kappa shape index (κ1) is 56.0. The van der Waals surface area contributed by atoms with Gasteiger partial charge in [0.2, 0.25) is 0 Å². The van der Waals surface area contributed by atoms with Crippen LogP contribution in [0.15, 0.2) is 316 Å². The van der Waals surface area contributed by atoms with Crippen molar-refractivity contribution in [1.82, 2.24) is 0 Å². The van der Waals surface area contributed by atoms with Crippen LogP contribution in [-0.4, -0.2) is 0 Å². The lowest BCUT2D eigenvalue weighted by atomic mass is 9.67. The number of anilines is 6. The van der Waals surface area contributed by atoms with Crippen LogP contribution in [0.3, 0.4) is 0 Å². The number of para-hydroxylation sites is 2. The molecule has 438 valence electrons. The summed E-state index contributed by atoms with van der Waals surface area (Å²) in [4.78, 5) is 4.95. The van der Waals surface area contributed by atoms with Crippen molar-refractivity contribution in [2.45, 2.75) is 38.5 Å². The van der Waals surface area contributed by atoms with Gasteiger partial charge in [-0.1, -0.05) is 290 Å². The Hall–Kier alpha value is -11.3. The monoisotopic (exact) mass is 1180 g/mol. The second kappa shape index (κ2) is 22.3. The van der Waals surface area contributed by atoms with Gasteiger partial charge in [0.15, 0.2) is 0 Å². The Kier molecular flexibility index (Phi) is 13.6. The molecule has 2 atom stereocenters. The minimum Gasteiger partial charge on any atom is -0.310 e. The van der Waals surface area contributed by atoms with Crippen molar-refractivity contribution in [3.05, 3.63) is 394 Å². The highest BCUT2D eigenvalue weighted by Crippen LogP contribution is 2.60. The maximum absolute atomic E-state index is 4.14. The average molecular weight is 1180 g/mol. The molecule has 2 nitrogen and oxygen atoms in total. The van der Waals surface area contributed by atoms with Crippen molar-refractivity contribution in [2.24, 2.45) is 0 Å². The zero-order valence-corrected chi connectivity index (χ0v) is 52.3. The fourth-order valence-electron chi connectivity index (χ4n) is 15.9. The topological polar surface area (TPSA) is 6.48 Å². The molecule has 16 rings (SSSR count). The number of hydrogen-bond acceptors (Lipinski definition) is 2. The predicted octanol–water partition coefficient (Wildman–Crippen LogP) is 23.8. The Labute approximate surface area is 540 Å². The van der Waals surface area contributed by atoms with Gasteiger partial charge in [-0.25, -0.2) is 0 Å². The van der Waals surface area contributed by atoms with Crippen LogP contribution in [0.1, 0.15) is 77.9 Å². The molecule has 2 aliphatic rings. The summed E-state index contributed by atoms with van der Waals surface area (Å²) in [6, 6.07) is 114. The van der Waals surface area contributed by atoms with E-state index in [1.165, 1.54) is 111 Å².